The van der Waals surface area contributed by atoms with E-state index in [1.165, 1.54) is 13.3 Å². The number of ether oxygens (including phenoxy) is 1. The Morgan fingerprint density at radius 2 is 2.05 bits per heavy atom. The van der Waals surface area contributed by atoms with E-state index in [1.54, 1.807) is 30.3 Å². The molecule has 0 aliphatic carbocycles. The highest BCUT2D eigenvalue weighted by Gasteiger charge is 2.10. The summed E-state index contributed by atoms with van der Waals surface area (Å²) in [5.74, 6) is 0.162. The Morgan fingerprint density at radius 3 is 2.63 bits per heavy atom. The quantitative estimate of drug-likeness (QED) is 0.724. The van der Waals surface area contributed by atoms with Gasteiger partial charge in [0.15, 0.2) is 0 Å². The van der Waals surface area contributed by atoms with Crippen molar-refractivity contribution in [3.05, 3.63) is 42.1 Å². The van der Waals surface area contributed by atoms with Crippen LogP contribution in [0.25, 0.3) is 0 Å². The number of pyridine rings is 1. The molecular weight excluding hydrogens is 244 g/mol. The maximum atomic E-state index is 12.0. The summed E-state index contributed by atoms with van der Waals surface area (Å²) in [5, 5.41) is 2.69. The molecule has 0 saturated carbocycles. The van der Waals surface area contributed by atoms with Crippen molar-refractivity contribution < 1.29 is 9.53 Å². The van der Waals surface area contributed by atoms with E-state index in [2.05, 4.69) is 10.3 Å². The Balaban J connectivity index is 2.15. The summed E-state index contributed by atoms with van der Waals surface area (Å²) >= 11 is 0. The molecule has 0 unspecified atom stereocenters. The van der Waals surface area contributed by atoms with Crippen LogP contribution >= 0.6 is 0 Å². The van der Waals surface area contributed by atoms with Gasteiger partial charge in [0, 0.05) is 17.4 Å². The lowest BCUT2D eigenvalue weighted by Gasteiger charge is -2.08. The lowest BCUT2D eigenvalue weighted by molar-refractivity contribution is 0.102. The Hall–Kier alpha value is -2.76. The van der Waals surface area contributed by atoms with Crippen LogP contribution in [0.2, 0.25) is 0 Å². The number of nitrogens with one attached hydrogen (secondary N) is 1. The van der Waals surface area contributed by atoms with Crippen LogP contribution < -0.4 is 21.5 Å². The molecule has 1 amide bonds. The summed E-state index contributed by atoms with van der Waals surface area (Å²) in [6.45, 7) is 0. The molecule has 0 atom stereocenters. The molecule has 1 aromatic carbocycles. The molecule has 1 aromatic heterocycles. The van der Waals surface area contributed by atoms with Crippen LogP contribution in [0.15, 0.2) is 36.5 Å². The number of carbonyl (C=O) groups is 1. The highest BCUT2D eigenvalue weighted by Crippen LogP contribution is 2.18. The number of carbonyl (C=O) groups excluding carboxylic acids is 1. The molecule has 98 valence electrons. The van der Waals surface area contributed by atoms with Gasteiger partial charge >= 0.3 is 0 Å². The van der Waals surface area contributed by atoms with Crippen molar-refractivity contribution in [2.24, 2.45) is 0 Å². The first-order valence-electron chi connectivity index (χ1n) is 5.56. The van der Waals surface area contributed by atoms with Gasteiger partial charge in [0.1, 0.15) is 0 Å². The van der Waals surface area contributed by atoms with E-state index in [9.17, 15) is 4.79 Å². The van der Waals surface area contributed by atoms with Gasteiger partial charge in [-0.25, -0.2) is 4.98 Å². The zero-order chi connectivity index (χ0) is 13.8. The number of nitrogens with zero attached hydrogens (tertiary/aromatic N) is 1. The first-order chi connectivity index (χ1) is 9.10. The number of benzene rings is 1. The van der Waals surface area contributed by atoms with Crippen molar-refractivity contribution in [2.75, 3.05) is 23.9 Å². The van der Waals surface area contributed by atoms with Crippen molar-refractivity contribution in [3.8, 4) is 5.88 Å². The number of anilines is 3. The number of nitrogens with two attached hydrogens (primary N) is 2. The van der Waals surface area contributed by atoms with Crippen molar-refractivity contribution in [1.29, 1.82) is 0 Å². The van der Waals surface area contributed by atoms with Crippen LogP contribution in [-0.2, 0) is 0 Å². The summed E-state index contributed by atoms with van der Waals surface area (Å²) in [7, 11) is 1.52. The molecule has 5 N–H and O–H groups in total. The lowest BCUT2D eigenvalue weighted by atomic mass is 10.1. The maximum Gasteiger partial charge on any atom is 0.257 e. The Labute approximate surface area is 110 Å². The molecule has 0 saturated heterocycles. The number of methoxy groups -OCH3 is 1. The largest absolute Gasteiger partial charge is 0.481 e. The molecule has 2 rings (SSSR count). The second kappa shape index (κ2) is 5.26. The van der Waals surface area contributed by atoms with E-state index < -0.39 is 0 Å². The van der Waals surface area contributed by atoms with Crippen LogP contribution in [0, 0.1) is 0 Å². The molecule has 0 spiro atoms. The number of hydrogen-bond donors (Lipinski definition) is 3. The van der Waals surface area contributed by atoms with Crippen LogP contribution in [0.1, 0.15) is 10.4 Å². The van der Waals surface area contributed by atoms with E-state index in [1.807, 2.05) is 0 Å². The third-order valence-electron chi connectivity index (χ3n) is 2.52. The van der Waals surface area contributed by atoms with Gasteiger partial charge in [0.2, 0.25) is 5.88 Å². The molecule has 0 bridgehead atoms. The Kier molecular flexibility index (Phi) is 3.51. The van der Waals surface area contributed by atoms with Crippen molar-refractivity contribution in [1.82, 2.24) is 4.98 Å². The second-order valence-electron chi connectivity index (χ2n) is 3.89. The predicted molar refractivity (Wildman–Crippen MR) is 74.0 cm³/mol. The number of rotatable bonds is 3. The molecule has 0 fully saturated rings. The Bertz CT molecular complexity index is 596. The van der Waals surface area contributed by atoms with Gasteiger partial charge in [-0.05, 0) is 24.3 Å². The monoisotopic (exact) mass is 258 g/mol. The minimum absolute atomic E-state index is 0.315. The van der Waals surface area contributed by atoms with Crippen molar-refractivity contribution >= 4 is 23.0 Å². The zero-order valence-corrected chi connectivity index (χ0v) is 10.4. The van der Waals surface area contributed by atoms with Gasteiger partial charge < -0.3 is 21.5 Å². The summed E-state index contributed by atoms with van der Waals surface area (Å²) in [5.41, 5.74) is 13.1. The van der Waals surface area contributed by atoms with Gasteiger partial charge in [-0.3, -0.25) is 4.79 Å². The highest BCUT2D eigenvalue weighted by atomic mass is 16.5. The molecule has 0 radical (unpaired) electrons. The first-order valence-corrected chi connectivity index (χ1v) is 5.56. The summed E-state index contributed by atoms with van der Waals surface area (Å²) in [4.78, 5) is 16.0. The zero-order valence-electron chi connectivity index (χ0n) is 10.4. The molecule has 0 aliphatic heterocycles. The SMILES string of the molecule is COc1ccc(NC(=O)c2ccc(N)cc2N)cn1. The van der Waals surface area contributed by atoms with E-state index in [4.69, 9.17) is 16.2 Å². The van der Waals surface area contributed by atoms with Crippen molar-refractivity contribution in [2.45, 2.75) is 0 Å². The third kappa shape index (κ3) is 2.92. The number of hydrogen-bond acceptors (Lipinski definition) is 5. The minimum atomic E-state index is -0.315. The predicted octanol–water partition coefficient (Wildman–Crippen LogP) is 1.51. The smallest absolute Gasteiger partial charge is 0.257 e. The van der Waals surface area contributed by atoms with Gasteiger partial charge in [-0.1, -0.05) is 0 Å². The standard InChI is InChI=1S/C13H14N4O2/c1-19-12-5-3-9(7-16-12)17-13(18)10-4-2-8(14)6-11(10)15/h2-7H,14-15H2,1H3,(H,17,18). The third-order valence-corrected chi connectivity index (χ3v) is 2.52. The van der Waals surface area contributed by atoms with Crippen LogP contribution in [-0.4, -0.2) is 18.0 Å². The van der Waals surface area contributed by atoms with Crippen LogP contribution in [0.4, 0.5) is 17.1 Å². The molecule has 1 heterocycles. The molecule has 6 heteroatoms. The highest BCUT2D eigenvalue weighted by molar-refractivity contribution is 6.07. The van der Waals surface area contributed by atoms with Gasteiger partial charge in [0.05, 0.1) is 24.6 Å². The molecule has 2 aromatic rings. The Morgan fingerprint density at radius 1 is 1.26 bits per heavy atom. The normalized spacial score (nSPS) is 9.95. The topological polar surface area (TPSA) is 103 Å². The summed E-state index contributed by atoms with van der Waals surface area (Å²) in [6, 6.07) is 8.09. The lowest BCUT2D eigenvalue weighted by Crippen LogP contribution is -2.14. The molecule has 6 nitrogen and oxygen atoms in total. The van der Waals surface area contributed by atoms with Crippen LogP contribution in [0.5, 0.6) is 5.88 Å². The van der Waals surface area contributed by atoms with E-state index in [0.717, 1.165) is 0 Å². The summed E-state index contributed by atoms with van der Waals surface area (Å²) in [6.07, 6.45) is 1.50. The second-order valence-corrected chi connectivity index (χ2v) is 3.89. The van der Waals surface area contributed by atoms with Gasteiger partial charge in [-0.15, -0.1) is 0 Å². The fourth-order valence-corrected chi connectivity index (χ4v) is 1.56. The average molecular weight is 258 g/mol. The number of aromatic nitrogens is 1. The minimum Gasteiger partial charge on any atom is -0.481 e. The fraction of sp³-hybridized carbons (Fsp3) is 0.0769. The van der Waals surface area contributed by atoms with E-state index in [0.29, 0.717) is 28.5 Å². The number of nitrogen functional groups attached to an aromatic ring is 2. The molecule has 0 aliphatic rings. The van der Waals surface area contributed by atoms with E-state index in [-0.39, 0.29) is 5.91 Å². The van der Waals surface area contributed by atoms with Crippen LogP contribution in [0.3, 0.4) is 0 Å². The van der Waals surface area contributed by atoms with Gasteiger partial charge in [-0.2, -0.15) is 0 Å². The summed E-state index contributed by atoms with van der Waals surface area (Å²) < 4.78 is 4.93. The average Bonchev–Trinajstić information content (AvgIpc) is 2.39. The van der Waals surface area contributed by atoms with Crippen molar-refractivity contribution in [3.63, 3.8) is 0 Å². The molecule has 19 heavy (non-hydrogen) atoms. The molecular formula is C13H14N4O2. The van der Waals surface area contributed by atoms with E-state index >= 15 is 0 Å². The first kappa shape index (κ1) is 12.7. The maximum absolute atomic E-state index is 12.0. The van der Waals surface area contributed by atoms with Gasteiger partial charge in [0.25, 0.3) is 5.91 Å². The number of amides is 1. The fourth-order valence-electron chi connectivity index (χ4n) is 1.56.